The summed E-state index contributed by atoms with van der Waals surface area (Å²) in [5, 5.41) is 15.4. The molecule has 0 unspecified atom stereocenters. The van der Waals surface area contributed by atoms with Crippen LogP contribution in [0.4, 0.5) is 10.8 Å². The van der Waals surface area contributed by atoms with Crippen molar-refractivity contribution in [3.63, 3.8) is 0 Å². The number of nitrogens with one attached hydrogen (secondary N) is 1. The normalized spacial score (nSPS) is 13.7. The minimum atomic E-state index is -0.478. The topological polar surface area (TPSA) is 118 Å². The summed E-state index contributed by atoms with van der Waals surface area (Å²) in [5.74, 6) is 0.635. The molecule has 1 fully saturated rings. The molecular weight excluding hydrogens is 512 g/mol. The number of halogens is 1. The molecule has 35 heavy (non-hydrogen) atoms. The fraction of sp³-hybridized carbons (Fsp3) is 0.227. The van der Waals surface area contributed by atoms with Gasteiger partial charge in [-0.05, 0) is 36.4 Å². The van der Waals surface area contributed by atoms with Gasteiger partial charge in [-0.15, -0.1) is 10.2 Å². The van der Waals surface area contributed by atoms with Gasteiger partial charge in [-0.2, -0.15) is 0 Å². The predicted molar refractivity (Wildman–Crippen MR) is 133 cm³/mol. The quantitative estimate of drug-likeness (QED) is 0.278. The molecule has 1 aliphatic heterocycles. The van der Waals surface area contributed by atoms with Crippen molar-refractivity contribution in [2.24, 2.45) is 0 Å². The summed E-state index contributed by atoms with van der Waals surface area (Å²) in [5.41, 5.74) is 1.19. The van der Waals surface area contributed by atoms with E-state index in [-0.39, 0.29) is 17.4 Å². The minimum absolute atomic E-state index is 0.0413. The second-order valence-corrected chi connectivity index (χ2v) is 10.2. The average molecular weight is 531 g/mol. The number of piperazine rings is 1. The van der Waals surface area contributed by atoms with Gasteiger partial charge in [0.25, 0.3) is 5.91 Å². The van der Waals surface area contributed by atoms with E-state index in [9.17, 15) is 9.59 Å². The van der Waals surface area contributed by atoms with Crippen LogP contribution in [0.2, 0.25) is 5.02 Å². The Labute approximate surface area is 213 Å². The van der Waals surface area contributed by atoms with Crippen LogP contribution in [0.15, 0.2) is 62.0 Å². The van der Waals surface area contributed by atoms with E-state index in [4.69, 9.17) is 20.5 Å². The van der Waals surface area contributed by atoms with Crippen LogP contribution in [0.25, 0.3) is 11.5 Å². The fourth-order valence-electron chi connectivity index (χ4n) is 3.48. The summed E-state index contributed by atoms with van der Waals surface area (Å²) < 4.78 is 11.0. The molecule has 1 aliphatic rings. The Morgan fingerprint density at radius 1 is 1.09 bits per heavy atom. The van der Waals surface area contributed by atoms with Gasteiger partial charge in [0, 0.05) is 43.0 Å². The highest BCUT2D eigenvalue weighted by Crippen LogP contribution is 2.27. The molecule has 0 bridgehead atoms. The van der Waals surface area contributed by atoms with E-state index >= 15 is 0 Å². The molecule has 180 valence electrons. The number of amides is 2. The Hall–Kier alpha value is -3.35. The molecule has 1 saturated heterocycles. The first kappa shape index (κ1) is 23.4. The molecule has 0 aliphatic carbocycles. The van der Waals surface area contributed by atoms with E-state index in [0.717, 1.165) is 18.8 Å². The van der Waals surface area contributed by atoms with Gasteiger partial charge in [0.2, 0.25) is 16.8 Å². The van der Waals surface area contributed by atoms with Gasteiger partial charge in [-0.3, -0.25) is 14.9 Å². The second-order valence-electron chi connectivity index (χ2n) is 7.51. The molecule has 4 aromatic rings. The van der Waals surface area contributed by atoms with Gasteiger partial charge in [0.15, 0.2) is 15.8 Å². The summed E-state index contributed by atoms with van der Waals surface area (Å²) >= 11 is 8.45. The zero-order chi connectivity index (χ0) is 24.2. The summed E-state index contributed by atoms with van der Waals surface area (Å²) in [6, 6.07) is 12.6. The highest BCUT2D eigenvalue weighted by molar-refractivity contribution is 8.01. The van der Waals surface area contributed by atoms with Crippen LogP contribution in [0.3, 0.4) is 0 Å². The van der Waals surface area contributed by atoms with Gasteiger partial charge < -0.3 is 18.7 Å². The SMILES string of the molecule is O=C(Nc1nnc(SCC(=O)N2CCN(c3ccc(Cl)cc3)CC2)s1)c1cc(-c2ccco2)on1. The first-order chi connectivity index (χ1) is 17.0. The number of nitrogens with zero attached hydrogens (tertiary/aromatic N) is 5. The molecule has 1 aromatic carbocycles. The molecule has 2 amide bonds. The van der Waals surface area contributed by atoms with E-state index in [1.807, 2.05) is 29.2 Å². The first-order valence-electron chi connectivity index (χ1n) is 10.6. The molecular formula is C22H19ClN6O4S2. The summed E-state index contributed by atoms with van der Waals surface area (Å²) in [6.45, 7) is 2.82. The number of hydrogen-bond acceptors (Lipinski definition) is 10. The van der Waals surface area contributed by atoms with Crippen LogP contribution in [0.1, 0.15) is 10.5 Å². The van der Waals surface area contributed by atoms with Crippen LogP contribution in [0, 0.1) is 0 Å². The number of carbonyl (C=O) groups excluding carboxylic acids is 2. The summed E-state index contributed by atoms with van der Waals surface area (Å²) in [7, 11) is 0. The Morgan fingerprint density at radius 3 is 2.63 bits per heavy atom. The van der Waals surface area contributed by atoms with Crippen molar-refractivity contribution in [1.29, 1.82) is 0 Å². The van der Waals surface area contributed by atoms with Gasteiger partial charge >= 0.3 is 0 Å². The smallest absolute Gasteiger partial charge is 0.279 e. The number of carbonyl (C=O) groups is 2. The van der Waals surface area contributed by atoms with Crippen LogP contribution in [-0.2, 0) is 4.79 Å². The Morgan fingerprint density at radius 2 is 1.89 bits per heavy atom. The first-order valence-corrected chi connectivity index (χ1v) is 12.8. The third kappa shape index (κ3) is 5.66. The molecule has 4 heterocycles. The maximum Gasteiger partial charge on any atom is 0.279 e. The van der Waals surface area contributed by atoms with Crippen molar-refractivity contribution >= 4 is 57.3 Å². The lowest BCUT2D eigenvalue weighted by molar-refractivity contribution is -0.128. The van der Waals surface area contributed by atoms with Crippen LogP contribution < -0.4 is 10.2 Å². The standard InChI is InChI=1S/C22H19ClN6O4S2/c23-14-3-5-15(6-4-14)28-7-9-29(10-8-28)19(30)13-34-22-26-25-21(35-22)24-20(31)16-12-18(33-27-16)17-2-1-11-32-17/h1-6,11-12H,7-10,13H2,(H,24,25,31). The van der Waals surface area contributed by atoms with Gasteiger partial charge in [0.1, 0.15) is 0 Å². The van der Waals surface area contributed by atoms with Crippen LogP contribution in [-0.4, -0.2) is 64.0 Å². The Bertz CT molecular complexity index is 1300. The monoisotopic (exact) mass is 530 g/mol. The number of benzene rings is 1. The predicted octanol–water partition coefficient (Wildman–Crippen LogP) is 4.13. The minimum Gasteiger partial charge on any atom is -0.461 e. The third-order valence-corrected chi connectivity index (χ3v) is 7.49. The van der Waals surface area contributed by atoms with E-state index in [0.29, 0.717) is 39.1 Å². The average Bonchev–Trinajstić information content (AvgIpc) is 3.65. The van der Waals surface area contributed by atoms with Crippen molar-refractivity contribution in [3.8, 4) is 11.5 Å². The highest BCUT2D eigenvalue weighted by Gasteiger charge is 2.22. The number of hydrogen-bond donors (Lipinski definition) is 1. The molecule has 3 aromatic heterocycles. The van der Waals surface area contributed by atoms with Crippen molar-refractivity contribution in [2.45, 2.75) is 4.34 Å². The molecule has 0 atom stereocenters. The van der Waals surface area contributed by atoms with E-state index in [2.05, 4.69) is 25.6 Å². The zero-order valence-electron chi connectivity index (χ0n) is 18.2. The lowest BCUT2D eigenvalue weighted by Gasteiger charge is -2.36. The van der Waals surface area contributed by atoms with Crippen molar-refractivity contribution in [3.05, 3.63) is 59.4 Å². The molecule has 13 heteroatoms. The molecule has 0 radical (unpaired) electrons. The zero-order valence-corrected chi connectivity index (χ0v) is 20.6. The van der Waals surface area contributed by atoms with E-state index in [1.165, 1.54) is 35.4 Å². The maximum absolute atomic E-state index is 12.7. The van der Waals surface area contributed by atoms with E-state index < -0.39 is 5.91 Å². The molecule has 0 saturated carbocycles. The number of anilines is 2. The second kappa shape index (κ2) is 10.5. The van der Waals surface area contributed by atoms with E-state index in [1.54, 1.807) is 12.1 Å². The van der Waals surface area contributed by atoms with Gasteiger partial charge in [-0.25, -0.2) is 0 Å². The fourth-order valence-corrected chi connectivity index (χ4v) is 5.25. The van der Waals surface area contributed by atoms with Crippen LogP contribution in [0.5, 0.6) is 0 Å². The third-order valence-electron chi connectivity index (χ3n) is 5.28. The highest BCUT2D eigenvalue weighted by atomic mass is 35.5. The summed E-state index contributed by atoms with van der Waals surface area (Å²) in [6.07, 6.45) is 1.50. The lowest BCUT2D eigenvalue weighted by atomic mass is 10.2. The maximum atomic E-state index is 12.7. The lowest BCUT2D eigenvalue weighted by Crippen LogP contribution is -2.49. The van der Waals surface area contributed by atoms with Gasteiger partial charge in [-0.1, -0.05) is 39.9 Å². The molecule has 10 nitrogen and oxygen atoms in total. The van der Waals surface area contributed by atoms with Gasteiger partial charge in [0.05, 0.1) is 12.0 Å². The number of aromatic nitrogens is 3. The van der Waals surface area contributed by atoms with Crippen LogP contribution >= 0.6 is 34.7 Å². The molecule has 0 spiro atoms. The molecule has 1 N–H and O–H groups in total. The van der Waals surface area contributed by atoms with Crippen molar-refractivity contribution < 1.29 is 18.5 Å². The summed E-state index contributed by atoms with van der Waals surface area (Å²) in [4.78, 5) is 29.2. The largest absolute Gasteiger partial charge is 0.461 e. The van der Waals surface area contributed by atoms with Crippen molar-refractivity contribution in [1.82, 2.24) is 20.3 Å². The van der Waals surface area contributed by atoms with Crippen molar-refractivity contribution in [2.75, 3.05) is 42.1 Å². The Balaban J connectivity index is 1.08. The number of thioether (sulfide) groups is 1. The Kier molecular flexibility index (Phi) is 7.02. The number of rotatable bonds is 7. The molecule has 5 rings (SSSR count). The number of furan rings is 1.